The highest BCUT2D eigenvalue weighted by atomic mass is 31.2. The minimum absolute atomic E-state index is 0.106. The first kappa shape index (κ1) is 98.1. The molecule has 594 valence electrons. The number of carbonyl (C=O) groups excluding carboxylic acids is 4. The van der Waals surface area contributed by atoms with E-state index in [1.54, 1.807) is 0 Å². The second-order valence-corrected chi connectivity index (χ2v) is 33.5. The van der Waals surface area contributed by atoms with Crippen LogP contribution in [0.2, 0.25) is 0 Å². The van der Waals surface area contributed by atoms with Crippen molar-refractivity contribution in [2.45, 2.75) is 439 Å². The lowest BCUT2D eigenvalue weighted by Crippen LogP contribution is -2.30. The number of esters is 4. The van der Waals surface area contributed by atoms with Gasteiger partial charge in [-0.3, -0.25) is 37.3 Å². The Morgan fingerprint density at radius 1 is 0.270 bits per heavy atom. The van der Waals surface area contributed by atoms with Crippen molar-refractivity contribution < 1.29 is 80.2 Å². The molecule has 0 saturated carbocycles. The van der Waals surface area contributed by atoms with E-state index in [4.69, 9.17) is 37.0 Å². The van der Waals surface area contributed by atoms with E-state index < -0.39 is 97.5 Å². The van der Waals surface area contributed by atoms with Gasteiger partial charge in [0.15, 0.2) is 12.2 Å². The Balaban J connectivity index is 5.25. The van der Waals surface area contributed by atoms with Crippen LogP contribution in [0.4, 0.5) is 0 Å². The van der Waals surface area contributed by atoms with Crippen LogP contribution in [0.25, 0.3) is 0 Å². The molecule has 17 nitrogen and oxygen atoms in total. The Labute approximate surface area is 613 Å². The summed E-state index contributed by atoms with van der Waals surface area (Å²) in [4.78, 5) is 73.0. The molecular formula is C81H158O17P2. The molecule has 0 heterocycles. The highest BCUT2D eigenvalue weighted by Crippen LogP contribution is 2.45. The van der Waals surface area contributed by atoms with Crippen molar-refractivity contribution in [1.82, 2.24) is 0 Å². The van der Waals surface area contributed by atoms with Crippen molar-refractivity contribution >= 4 is 39.5 Å². The zero-order valence-electron chi connectivity index (χ0n) is 65.7. The topological polar surface area (TPSA) is 237 Å². The van der Waals surface area contributed by atoms with E-state index in [1.807, 2.05) is 0 Å². The Kier molecular flexibility index (Phi) is 69.9. The van der Waals surface area contributed by atoms with E-state index in [-0.39, 0.29) is 25.7 Å². The second-order valence-electron chi connectivity index (χ2n) is 30.6. The van der Waals surface area contributed by atoms with Crippen LogP contribution in [0.1, 0.15) is 421 Å². The predicted octanol–water partition coefficient (Wildman–Crippen LogP) is 24.1. The monoisotopic (exact) mass is 1470 g/mol. The summed E-state index contributed by atoms with van der Waals surface area (Å²) in [6, 6.07) is 0. The third-order valence-electron chi connectivity index (χ3n) is 18.9. The van der Waals surface area contributed by atoms with Gasteiger partial charge in [0.1, 0.15) is 19.3 Å². The van der Waals surface area contributed by atoms with E-state index in [9.17, 15) is 43.2 Å². The SMILES string of the molecule is CCCCCCCCCCCCCCCCCCCCC(=O)O[C@H](COC(=O)CCCCCCCCCCCCCCCCC(C)C)COP(=O)(O)OC[C@@H](O)COP(=O)(O)OC[C@@H](COC(=O)CCCCCCCCCCC(C)C)OC(=O)CCCCCCCCCCCCCC(C)C. The van der Waals surface area contributed by atoms with Crippen molar-refractivity contribution in [3.63, 3.8) is 0 Å². The summed E-state index contributed by atoms with van der Waals surface area (Å²) >= 11 is 0. The largest absolute Gasteiger partial charge is 0.472 e. The minimum atomic E-state index is -4.96. The van der Waals surface area contributed by atoms with Gasteiger partial charge in [0.25, 0.3) is 0 Å². The van der Waals surface area contributed by atoms with Crippen LogP contribution in [0, 0.1) is 17.8 Å². The molecule has 19 heteroatoms. The summed E-state index contributed by atoms with van der Waals surface area (Å²) in [7, 11) is -9.92. The maximum atomic E-state index is 13.1. The molecule has 0 radical (unpaired) electrons. The molecule has 0 aliphatic heterocycles. The molecule has 0 amide bonds. The maximum absolute atomic E-state index is 13.1. The molecule has 100 heavy (non-hydrogen) atoms. The standard InChI is InChI=1S/C81H158O17P2/c1-8-9-10-11-12-13-14-15-16-17-18-19-24-29-34-43-50-57-64-80(85)97-76(68-91-78(83)62-55-48-41-33-28-23-21-20-22-26-31-38-45-52-59-72(2)3)70-95-99(87,88)93-66-75(82)67-94-100(89,90)96-71-77(69-92-79(84)63-56-49-42-37-36-40-47-54-61-74(6)7)98-81(86)65-58-51-44-35-30-25-27-32-39-46-53-60-73(4)5/h72-77,82H,8-71H2,1-7H3,(H,87,88)(H,89,90)/t75-,76-,77-/m1/s1. The number of hydrogen-bond acceptors (Lipinski definition) is 15. The molecule has 0 aromatic heterocycles. The summed E-state index contributed by atoms with van der Waals surface area (Å²) in [6.45, 7) is 11.9. The molecule has 0 saturated heterocycles. The molecule has 3 N–H and O–H groups in total. The van der Waals surface area contributed by atoms with E-state index in [2.05, 4.69) is 48.5 Å². The third-order valence-corrected chi connectivity index (χ3v) is 20.8. The number of carbonyl (C=O) groups is 4. The normalized spacial score (nSPS) is 14.0. The maximum Gasteiger partial charge on any atom is 0.472 e. The lowest BCUT2D eigenvalue weighted by Gasteiger charge is -2.21. The van der Waals surface area contributed by atoms with Gasteiger partial charge >= 0.3 is 39.5 Å². The van der Waals surface area contributed by atoms with Gasteiger partial charge in [-0.05, 0) is 43.4 Å². The van der Waals surface area contributed by atoms with E-state index in [1.165, 1.54) is 231 Å². The number of phosphoric ester groups is 2. The van der Waals surface area contributed by atoms with Gasteiger partial charge in [-0.1, -0.05) is 370 Å². The Morgan fingerprint density at radius 3 is 0.680 bits per heavy atom. The van der Waals surface area contributed by atoms with Crippen LogP contribution in [-0.2, 0) is 65.4 Å². The van der Waals surface area contributed by atoms with Crippen LogP contribution in [0.15, 0.2) is 0 Å². The number of rotatable bonds is 79. The number of aliphatic hydroxyl groups excluding tert-OH is 1. The Hall–Kier alpha value is -1.94. The highest BCUT2D eigenvalue weighted by Gasteiger charge is 2.30. The highest BCUT2D eigenvalue weighted by molar-refractivity contribution is 7.47. The van der Waals surface area contributed by atoms with Gasteiger partial charge in [-0.2, -0.15) is 0 Å². The van der Waals surface area contributed by atoms with Gasteiger partial charge in [-0.15, -0.1) is 0 Å². The van der Waals surface area contributed by atoms with Gasteiger partial charge in [0.2, 0.25) is 0 Å². The number of aliphatic hydroxyl groups is 1. The predicted molar refractivity (Wildman–Crippen MR) is 409 cm³/mol. The zero-order chi connectivity index (χ0) is 73.7. The first-order chi connectivity index (χ1) is 48.2. The fraction of sp³-hybridized carbons (Fsp3) is 0.951. The van der Waals surface area contributed by atoms with Crippen molar-refractivity contribution in [3.05, 3.63) is 0 Å². The van der Waals surface area contributed by atoms with Gasteiger partial charge in [-0.25, -0.2) is 9.13 Å². The second kappa shape index (κ2) is 71.3. The molecule has 0 aromatic rings. The summed E-state index contributed by atoms with van der Waals surface area (Å²) in [5, 5.41) is 10.6. The molecule has 0 fully saturated rings. The average Bonchev–Trinajstić information content (AvgIpc) is 1.33. The fourth-order valence-corrected chi connectivity index (χ4v) is 14.1. The Morgan fingerprint density at radius 2 is 0.460 bits per heavy atom. The quantitative estimate of drug-likeness (QED) is 0.0222. The first-order valence-corrected chi connectivity index (χ1v) is 44.8. The summed E-state index contributed by atoms with van der Waals surface area (Å²) in [5.41, 5.74) is 0. The van der Waals surface area contributed by atoms with Gasteiger partial charge in [0, 0.05) is 25.7 Å². The van der Waals surface area contributed by atoms with Crippen molar-refractivity contribution in [1.29, 1.82) is 0 Å². The lowest BCUT2D eigenvalue weighted by molar-refractivity contribution is -0.161. The first-order valence-electron chi connectivity index (χ1n) is 41.8. The fourth-order valence-electron chi connectivity index (χ4n) is 12.5. The van der Waals surface area contributed by atoms with Crippen molar-refractivity contribution in [2.75, 3.05) is 39.6 Å². The van der Waals surface area contributed by atoms with Crippen LogP contribution >= 0.6 is 15.6 Å². The van der Waals surface area contributed by atoms with E-state index in [0.717, 1.165) is 108 Å². The molecule has 0 rings (SSSR count). The molecule has 0 aromatic carbocycles. The van der Waals surface area contributed by atoms with Gasteiger partial charge < -0.3 is 33.8 Å². The summed E-state index contributed by atoms with van der Waals surface area (Å²) in [5.74, 6) is 0.180. The molecule has 2 unspecified atom stereocenters. The third kappa shape index (κ3) is 74.3. The van der Waals surface area contributed by atoms with Crippen LogP contribution in [0.5, 0.6) is 0 Å². The van der Waals surface area contributed by atoms with Crippen LogP contribution in [-0.4, -0.2) is 96.7 Å². The molecule has 0 bridgehead atoms. The molecular weight excluding hydrogens is 1310 g/mol. The number of hydrogen-bond donors (Lipinski definition) is 3. The van der Waals surface area contributed by atoms with E-state index >= 15 is 0 Å². The number of ether oxygens (including phenoxy) is 4. The summed E-state index contributed by atoms with van der Waals surface area (Å²) < 4.78 is 68.7. The zero-order valence-corrected chi connectivity index (χ0v) is 67.5. The molecule has 5 atom stereocenters. The Bertz CT molecular complexity index is 1940. The number of unbranched alkanes of at least 4 members (excludes halogenated alkanes) is 47. The van der Waals surface area contributed by atoms with Crippen LogP contribution < -0.4 is 0 Å². The van der Waals surface area contributed by atoms with E-state index in [0.29, 0.717) is 25.7 Å². The average molecular weight is 1470 g/mol. The minimum Gasteiger partial charge on any atom is -0.462 e. The van der Waals surface area contributed by atoms with Crippen LogP contribution in [0.3, 0.4) is 0 Å². The lowest BCUT2D eigenvalue weighted by atomic mass is 10.0. The van der Waals surface area contributed by atoms with Crippen molar-refractivity contribution in [2.24, 2.45) is 17.8 Å². The smallest absolute Gasteiger partial charge is 0.462 e. The molecule has 0 aliphatic rings. The van der Waals surface area contributed by atoms with Crippen molar-refractivity contribution in [3.8, 4) is 0 Å². The molecule has 0 spiro atoms. The number of phosphoric acid groups is 2. The van der Waals surface area contributed by atoms with Gasteiger partial charge in [0.05, 0.1) is 26.4 Å². The summed E-state index contributed by atoms with van der Waals surface area (Å²) in [6.07, 6.45) is 59.7. The molecule has 0 aliphatic carbocycles.